The van der Waals surface area contributed by atoms with Crippen LogP contribution in [0.4, 0.5) is 0 Å². The van der Waals surface area contributed by atoms with Gasteiger partial charge in [0.05, 0.1) is 12.2 Å². The van der Waals surface area contributed by atoms with Crippen LogP contribution in [0.2, 0.25) is 0 Å². The molecule has 4 rings (SSSR count). The first-order valence-electron chi connectivity index (χ1n) is 8.33. The number of amides is 1. The van der Waals surface area contributed by atoms with Crippen LogP contribution in [0.5, 0.6) is 0 Å². The number of carbonyl (C=O) groups excluding carboxylic acids is 1. The lowest BCUT2D eigenvalue weighted by molar-refractivity contribution is -0.125. The molecule has 0 aliphatic heterocycles. The number of carbonyl (C=O) groups is 1. The third-order valence-electron chi connectivity index (χ3n) is 4.58. The lowest BCUT2D eigenvalue weighted by atomic mass is 9.90. The number of hydrogen-bond donors (Lipinski definition) is 1. The summed E-state index contributed by atoms with van der Waals surface area (Å²) in [5, 5.41) is 4.03. The molecule has 1 aliphatic rings. The summed E-state index contributed by atoms with van der Waals surface area (Å²) in [6.07, 6.45) is 9.68. The number of pyridine rings is 1. The zero-order chi connectivity index (χ0) is 17.2. The van der Waals surface area contributed by atoms with E-state index in [1.165, 1.54) is 4.88 Å². The minimum Gasteiger partial charge on any atom is -0.349 e. The molecule has 0 bridgehead atoms. The summed E-state index contributed by atoms with van der Waals surface area (Å²) in [5.74, 6) is 0.936. The van der Waals surface area contributed by atoms with Crippen molar-refractivity contribution < 1.29 is 4.79 Å². The first-order valence-corrected chi connectivity index (χ1v) is 9.15. The topological polar surface area (TPSA) is 72.7 Å². The van der Waals surface area contributed by atoms with Gasteiger partial charge in [0.15, 0.2) is 0 Å². The second-order valence-electron chi connectivity index (χ2n) is 6.24. The molecule has 1 unspecified atom stereocenters. The standard InChI is InChI=1S/C18H19N5OS/c1-23-9-8-20-16(23)11-21-17(24)13-2-3-15-14(10-13)22-18(25-15)12-4-6-19-7-5-12/h4-9,13H,2-3,10-11H2,1H3,(H,21,24). The molecule has 0 radical (unpaired) electrons. The maximum atomic E-state index is 12.5. The SMILES string of the molecule is Cn1ccnc1CNC(=O)C1CCc2sc(-c3ccncc3)nc2C1. The molecule has 1 atom stereocenters. The summed E-state index contributed by atoms with van der Waals surface area (Å²) in [7, 11) is 1.93. The number of rotatable bonds is 4. The van der Waals surface area contributed by atoms with Crippen molar-refractivity contribution >= 4 is 17.2 Å². The molecule has 6 nitrogen and oxygen atoms in total. The number of nitrogens with zero attached hydrogens (tertiary/aromatic N) is 4. The van der Waals surface area contributed by atoms with Crippen molar-refractivity contribution in [3.8, 4) is 10.6 Å². The number of hydrogen-bond acceptors (Lipinski definition) is 5. The highest BCUT2D eigenvalue weighted by atomic mass is 32.1. The number of aromatic nitrogens is 4. The zero-order valence-corrected chi connectivity index (χ0v) is 14.8. The molecule has 0 saturated carbocycles. The van der Waals surface area contributed by atoms with Gasteiger partial charge in [0.25, 0.3) is 0 Å². The summed E-state index contributed by atoms with van der Waals surface area (Å²) in [4.78, 5) is 26.9. The van der Waals surface area contributed by atoms with Crippen molar-refractivity contribution in [2.24, 2.45) is 13.0 Å². The summed E-state index contributed by atoms with van der Waals surface area (Å²) < 4.78 is 1.92. The van der Waals surface area contributed by atoms with Gasteiger partial charge in [-0.2, -0.15) is 0 Å². The molecular formula is C18H19N5OS. The Kier molecular flexibility index (Phi) is 4.31. The molecule has 7 heteroatoms. The fourth-order valence-electron chi connectivity index (χ4n) is 3.10. The predicted octanol–water partition coefficient (Wildman–Crippen LogP) is 2.36. The average molecular weight is 353 g/mol. The highest BCUT2D eigenvalue weighted by Crippen LogP contribution is 2.34. The summed E-state index contributed by atoms with van der Waals surface area (Å²) >= 11 is 1.73. The van der Waals surface area contributed by atoms with E-state index in [2.05, 4.69) is 15.3 Å². The van der Waals surface area contributed by atoms with Crippen LogP contribution in [-0.4, -0.2) is 25.4 Å². The van der Waals surface area contributed by atoms with Gasteiger partial charge in [0, 0.05) is 54.6 Å². The Bertz CT molecular complexity index is 886. The normalized spacial score (nSPS) is 16.4. The van der Waals surface area contributed by atoms with Gasteiger partial charge in [-0.05, 0) is 25.0 Å². The Morgan fingerprint density at radius 1 is 1.36 bits per heavy atom. The lowest BCUT2D eigenvalue weighted by Crippen LogP contribution is -2.34. The minimum absolute atomic E-state index is 0.0137. The van der Waals surface area contributed by atoms with Gasteiger partial charge in [0.2, 0.25) is 5.91 Å². The zero-order valence-electron chi connectivity index (χ0n) is 14.0. The molecule has 128 valence electrons. The number of nitrogens with one attached hydrogen (secondary N) is 1. The van der Waals surface area contributed by atoms with E-state index in [0.29, 0.717) is 13.0 Å². The molecule has 25 heavy (non-hydrogen) atoms. The third kappa shape index (κ3) is 3.32. The highest BCUT2D eigenvalue weighted by Gasteiger charge is 2.27. The van der Waals surface area contributed by atoms with E-state index in [4.69, 9.17) is 4.98 Å². The van der Waals surface area contributed by atoms with Crippen molar-refractivity contribution in [3.05, 3.63) is 53.3 Å². The Morgan fingerprint density at radius 3 is 2.96 bits per heavy atom. The Hall–Kier alpha value is -2.54. The molecule has 3 aromatic heterocycles. The molecule has 3 aromatic rings. The lowest BCUT2D eigenvalue weighted by Gasteiger charge is -2.20. The molecule has 1 N–H and O–H groups in total. The maximum absolute atomic E-state index is 12.5. The number of imidazole rings is 1. The maximum Gasteiger partial charge on any atom is 0.223 e. The summed E-state index contributed by atoms with van der Waals surface area (Å²) in [6, 6.07) is 3.95. The van der Waals surface area contributed by atoms with Gasteiger partial charge < -0.3 is 9.88 Å². The van der Waals surface area contributed by atoms with Crippen molar-refractivity contribution in [3.63, 3.8) is 0 Å². The van der Waals surface area contributed by atoms with E-state index >= 15 is 0 Å². The predicted molar refractivity (Wildman–Crippen MR) is 95.9 cm³/mol. The van der Waals surface area contributed by atoms with E-state index in [1.54, 1.807) is 29.9 Å². The average Bonchev–Trinajstić information content (AvgIpc) is 3.25. The van der Waals surface area contributed by atoms with Gasteiger partial charge >= 0.3 is 0 Å². The van der Waals surface area contributed by atoms with Crippen LogP contribution < -0.4 is 5.32 Å². The van der Waals surface area contributed by atoms with Crippen LogP contribution in [0.15, 0.2) is 36.9 Å². The van der Waals surface area contributed by atoms with Gasteiger partial charge in [-0.15, -0.1) is 11.3 Å². The smallest absolute Gasteiger partial charge is 0.223 e. The molecule has 3 heterocycles. The molecule has 0 aromatic carbocycles. The molecule has 0 spiro atoms. The van der Waals surface area contributed by atoms with Crippen molar-refractivity contribution in [1.29, 1.82) is 0 Å². The minimum atomic E-state index is -0.0137. The molecule has 1 amide bonds. The van der Waals surface area contributed by atoms with Crippen LogP contribution in [0.3, 0.4) is 0 Å². The van der Waals surface area contributed by atoms with Gasteiger partial charge in [-0.25, -0.2) is 9.97 Å². The number of thiazole rings is 1. The van der Waals surface area contributed by atoms with Gasteiger partial charge in [-0.1, -0.05) is 0 Å². The van der Waals surface area contributed by atoms with E-state index in [9.17, 15) is 4.79 Å². The Balaban J connectivity index is 1.43. The first-order chi connectivity index (χ1) is 12.2. The summed E-state index contributed by atoms with van der Waals surface area (Å²) in [5.41, 5.74) is 2.16. The van der Waals surface area contributed by atoms with E-state index in [0.717, 1.165) is 34.9 Å². The largest absolute Gasteiger partial charge is 0.349 e. The van der Waals surface area contributed by atoms with E-state index < -0.39 is 0 Å². The van der Waals surface area contributed by atoms with Crippen LogP contribution in [0.25, 0.3) is 10.6 Å². The van der Waals surface area contributed by atoms with Crippen LogP contribution in [0.1, 0.15) is 22.8 Å². The molecular weight excluding hydrogens is 334 g/mol. The van der Waals surface area contributed by atoms with Crippen molar-refractivity contribution in [2.45, 2.75) is 25.8 Å². The van der Waals surface area contributed by atoms with Gasteiger partial charge in [0.1, 0.15) is 10.8 Å². The Morgan fingerprint density at radius 2 is 2.20 bits per heavy atom. The van der Waals surface area contributed by atoms with Crippen LogP contribution in [0, 0.1) is 5.92 Å². The van der Waals surface area contributed by atoms with Crippen LogP contribution in [-0.2, 0) is 31.2 Å². The quantitative estimate of drug-likeness (QED) is 0.781. The monoisotopic (exact) mass is 353 g/mol. The second kappa shape index (κ2) is 6.76. The van der Waals surface area contributed by atoms with E-state index in [1.807, 2.05) is 29.9 Å². The first kappa shape index (κ1) is 16.0. The third-order valence-corrected chi connectivity index (χ3v) is 5.78. The van der Waals surface area contributed by atoms with E-state index in [-0.39, 0.29) is 11.8 Å². The Labute approximate surface area is 150 Å². The van der Waals surface area contributed by atoms with Crippen LogP contribution >= 0.6 is 11.3 Å². The van der Waals surface area contributed by atoms with Crippen molar-refractivity contribution in [2.75, 3.05) is 0 Å². The number of aryl methyl sites for hydroxylation is 2. The fourth-order valence-corrected chi connectivity index (χ4v) is 4.21. The van der Waals surface area contributed by atoms with Gasteiger partial charge in [-0.3, -0.25) is 9.78 Å². The molecule has 1 aliphatic carbocycles. The molecule has 0 fully saturated rings. The fraction of sp³-hybridized carbons (Fsp3) is 0.333. The van der Waals surface area contributed by atoms with Crippen molar-refractivity contribution in [1.82, 2.24) is 24.8 Å². The highest BCUT2D eigenvalue weighted by molar-refractivity contribution is 7.15. The second-order valence-corrected chi connectivity index (χ2v) is 7.32. The molecule has 0 saturated heterocycles. The summed E-state index contributed by atoms with van der Waals surface area (Å²) in [6.45, 7) is 0.463. The number of fused-ring (bicyclic) bond motifs is 1.